The Morgan fingerprint density at radius 3 is 3.00 bits per heavy atom. The fourth-order valence-electron chi connectivity index (χ4n) is 2.31. The first-order chi connectivity index (χ1) is 7.88. The molecule has 1 aromatic heterocycles. The maximum absolute atomic E-state index is 10.7. The molecule has 80 valence electrons. The fraction of sp³-hybridized carbons (Fsp3) is 0.231. The minimum absolute atomic E-state index is 0.432. The summed E-state index contributed by atoms with van der Waals surface area (Å²) in [6.45, 7) is 0. The molecule has 3 nitrogen and oxygen atoms in total. The molecule has 3 rings (SSSR count). The molecule has 0 saturated carbocycles. The molecule has 0 radical (unpaired) electrons. The fourth-order valence-corrected chi connectivity index (χ4v) is 2.31. The summed E-state index contributed by atoms with van der Waals surface area (Å²) in [5, 5.41) is 0. The molecular weight excluding hydrogens is 200 g/mol. The van der Waals surface area contributed by atoms with Crippen molar-refractivity contribution in [3.05, 3.63) is 41.3 Å². The second kappa shape index (κ2) is 3.59. The number of aromatic nitrogens is 2. The third-order valence-electron chi connectivity index (χ3n) is 3.05. The van der Waals surface area contributed by atoms with Crippen LogP contribution in [0.25, 0.3) is 11.3 Å². The lowest BCUT2D eigenvalue weighted by atomic mass is 10.0. The Bertz CT molecular complexity index is 543. The van der Waals surface area contributed by atoms with Crippen molar-refractivity contribution in [2.75, 3.05) is 0 Å². The second-order valence-electron chi connectivity index (χ2n) is 4.08. The highest BCUT2D eigenvalue weighted by Crippen LogP contribution is 2.30. The highest BCUT2D eigenvalue weighted by atomic mass is 16.1. The van der Waals surface area contributed by atoms with Crippen molar-refractivity contribution in [3.8, 4) is 11.3 Å². The Balaban J connectivity index is 2.24. The van der Waals surface area contributed by atoms with Crippen LogP contribution in [0.2, 0.25) is 0 Å². The lowest BCUT2D eigenvalue weighted by molar-refractivity contribution is 0.111. The molecule has 2 aromatic rings. The molecule has 0 saturated heterocycles. The smallest absolute Gasteiger partial charge is 0.185 e. The van der Waals surface area contributed by atoms with Gasteiger partial charge in [-0.1, -0.05) is 24.3 Å². The van der Waals surface area contributed by atoms with E-state index in [2.05, 4.69) is 28.2 Å². The molecule has 0 unspecified atom stereocenters. The molecule has 0 bridgehead atoms. The number of nitrogens with zero attached hydrogens (tertiary/aromatic N) is 1. The van der Waals surface area contributed by atoms with Crippen molar-refractivity contribution >= 4 is 6.29 Å². The third kappa shape index (κ3) is 1.36. The van der Waals surface area contributed by atoms with E-state index < -0.39 is 0 Å². The third-order valence-corrected chi connectivity index (χ3v) is 3.05. The van der Waals surface area contributed by atoms with Crippen LogP contribution >= 0.6 is 0 Å². The topological polar surface area (TPSA) is 45.8 Å². The van der Waals surface area contributed by atoms with Crippen LogP contribution in [0, 0.1) is 0 Å². The first-order valence-corrected chi connectivity index (χ1v) is 5.51. The Kier molecular flexibility index (Phi) is 2.10. The molecule has 0 amide bonds. The molecular formula is C13H12N2O. The van der Waals surface area contributed by atoms with Gasteiger partial charge in [-0.3, -0.25) is 4.79 Å². The van der Waals surface area contributed by atoms with E-state index in [4.69, 9.17) is 0 Å². The Morgan fingerprint density at radius 1 is 1.25 bits per heavy atom. The summed E-state index contributed by atoms with van der Waals surface area (Å²) in [5.41, 5.74) is 4.53. The maximum atomic E-state index is 10.7. The number of aldehydes is 1. The van der Waals surface area contributed by atoms with Crippen molar-refractivity contribution in [1.29, 1.82) is 0 Å². The first-order valence-electron chi connectivity index (χ1n) is 5.51. The van der Waals surface area contributed by atoms with Gasteiger partial charge in [0, 0.05) is 11.3 Å². The molecule has 1 aliphatic rings. The van der Waals surface area contributed by atoms with E-state index in [9.17, 15) is 4.79 Å². The predicted octanol–water partition coefficient (Wildman–Crippen LogP) is 2.38. The number of rotatable bonds is 1. The standard InChI is InChI=1S/C13H12N2O/c16-8-12-14-11-7-3-5-9-4-1-2-6-10(9)13(11)15-12/h1-2,4,6,8H,3,5,7H2,(H,14,15). The monoisotopic (exact) mass is 212 g/mol. The zero-order valence-corrected chi connectivity index (χ0v) is 8.86. The molecule has 0 fully saturated rings. The lowest BCUT2D eigenvalue weighted by Gasteiger charge is -2.03. The number of carbonyl (C=O) groups is 1. The number of benzene rings is 1. The average molecular weight is 212 g/mol. The highest BCUT2D eigenvalue weighted by molar-refractivity contribution is 5.74. The zero-order chi connectivity index (χ0) is 11.0. The van der Waals surface area contributed by atoms with E-state index >= 15 is 0 Å². The first kappa shape index (κ1) is 9.33. The highest BCUT2D eigenvalue weighted by Gasteiger charge is 2.17. The minimum atomic E-state index is 0.432. The van der Waals surface area contributed by atoms with Gasteiger partial charge in [0.1, 0.15) is 0 Å². The Labute approximate surface area is 93.5 Å². The molecule has 1 aliphatic carbocycles. The number of aromatic amines is 1. The van der Waals surface area contributed by atoms with Gasteiger partial charge < -0.3 is 4.98 Å². The summed E-state index contributed by atoms with van der Waals surface area (Å²) in [6.07, 6.45) is 3.92. The van der Waals surface area contributed by atoms with E-state index in [1.165, 1.54) is 11.1 Å². The van der Waals surface area contributed by atoms with Crippen LogP contribution in [-0.4, -0.2) is 16.3 Å². The molecule has 16 heavy (non-hydrogen) atoms. The summed E-state index contributed by atoms with van der Waals surface area (Å²) in [5.74, 6) is 0.432. The predicted molar refractivity (Wildman–Crippen MR) is 61.4 cm³/mol. The van der Waals surface area contributed by atoms with Gasteiger partial charge >= 0.3 is 0 Å². The largest absolute Gasteiger partial charge is 0.339 e. The molecule has 0 spiro atoms. The average Bonchev–Trinajstić information content (AvgIpc) is 2.66. The number of imidazole rings is 1. The molecule has 3 heteroatoms. The van der Waals surface area contributed by atoms with Gasteiger partial charge in [-0.2, -0.15) is 0 Å². The van der Waals surface area contributed by atoms with Gasteiger partial charge in [0.2, 0.25) is 0 Å². The van der Waals surface area contributed by atoms with Crippen LogP contribution < -0.4 is 0 Å². The molecule has 1 heterocycles. The summed E-state index contributed by atoms with van der Waals surface area (Å²) in [7, 11) is 0. The van der Waals surface area contributed by atoms with Crippen LogP contribution in [0.5, 0.6) is 0 Å². The van der Waals surface area contributed by atoms with Crippen LogP contribution in [0.4, 0.5) is 0 Å². The van der Waals surface area contributed by atoms with Crippen LogP contribution in [-0.2, 0) is 12.8 Å². The van der Waals surface area contributed by atoms with E-state index in [1.54, 1.807) is 0 Å². The van der Waals surface area contributed by atoms with Crippen LogP contribution in [0.15, 0.2) is 24.3 Å². The Hall–Kier alpha value is -1.90. The van der Waals surface area contributed by atoms with Crippen molar-refractivity contribution in [2.24, 2.45) is 0 Å². The van der Waals surface area contributed by atoms with Gasteiger partial charge in [0.15, 0.2) is 12.1 Å². The van der Waals surface area contributed by atoms with Crippen molar-refractivity contribution < 1.29 is 4.79 Å². The molecule has 1 aromatic carbocycles. The van der Waals surface area contributed by atoms with Gasteiger partial charge in [0.05, 0.1) is 5.69 Å². The summed E-state index contributed by atoms with van der Waals surface area (Å²) in [4.78, 5) is 18.2. The molecule has 0 aliphatic heterocycles. The zero-order valence-electron chi connectivity index (χ0n) is 8.86. The number of aryl methyl sites for hydroxylation is 2. The van der Waals surface area contributed by atoms with E-state index in [1.807, 2.05) is 6.07 Å². The quantitative estimate of drug-likeness (QED) is 0.738. The number of fused-ring (bicyclic) bond motifs is 3. The summed E-state index contributed by atoms with van der Waals surface area (Å²) >= 11 is 0. The van der Waals surface area contributed by atoms with E-state index in [0.717, 1.165) is 36.9 Å². The van der Waals surface area contributed by atoms with Crippen LogP contribution in [0.1, 0.15) is 28.3 Å². The van der Waals surface area contributed by atoms with E-state index in [-0.39, 0.29) is 0 Å². The molecule has 1 N–H and O–H groups in total. The number of H-pyrrole nitrogens is 1. The maximum Gasteiger partial charge on any atom is 0.185 e. The normalized spacial score (nSPS) is 13.8. The number of hydrogen-bond donors (Lipinski definition) is 1. The van der Waals surface area contributed by atoms with Crippen molar-refractivity contribution in [3.63, 3.8) is 0 Å². The summed E-state index contributed by atoms with van der Waals surface area (Å²) < 4.78 is 0. The SMILES string of the molecule is O=Cc1nc2c([nH]1)CCCc1ccccc1-2. The van der Waals surface area contributed by atoms with Gasteiger partial charge in [-0.15, -0.1) is 0 Å². The minimum Gasteiger partial charge on any atom is -0.339 e. The molecule has 0 atom stereocenters. The van der Waals surface area contributed by atoms with Gasteiger partial charge in [0.25, 0.3) is 0 Å². The lowest BCUT2D eigenvalue weighted by Crippen LogP contribution is -1.89. The van der Waals surface area contributed by atoms with E-state index in [0.29, 0.717) is 5.82 Å². The van der Waals surface area contributed by atoms with Crippen molar-refractivity contribution in [2.45, 2.75) is 19.3 Å². The number of carbonyl (C=O) groups excluding carboxylic acids is 1. The number of hydrogen-bond acceptors (Lipinski definition) is 2. The van der Waals surface area contributed by atoms with Crippen molar-refractivity contribution in [1.82, 2.24) is 9.97 Å². The van der Waals surface area contributed by atoms with Crippen LogP contribution in [0.3, 0.4) is 0 Å². The van der Waals surface area contributed by atoms with Gasteiger partial charge in [-0.05, 0) is 24.8 Å². The second-order valence-corrected chi connectivity index (χ2v) is 4.08. The van der Waals surface area contributed by atoms with Gasteiger partial charge in [-0.25, -0.2) is 4.98 Å². The summed E-state index contributed by atoms with van der Waals surface area (Å²) in [6, 6.07) is 8.29. The Morgan fingerprint density at radius 2 is 2.12 bits per heavy atom. The number of nitrogens with one attached hydrogen (secondary N) is 1.